The fourth-order valence-electron chi connectivity index (χ4n) is 2.52. The molecule has 19 heavy (non-hydrogen) atoms. The highest BCUT2D eigenvalue weighted by molar-refractivity contribution is 5.44. The van der Waals surface area contributed by atoms with E-state index in [9.17, 15) is 10.2 Å². The van der Waals surface area contributed by atoms with Gasteiger partial charge < -0.3 is 15.5 Å². The lowest BCUT2D eigenvalue weighted by Crippen LogP contribution is -2.44. The van der Waals surface area contributed by atoms with E-state index in [2.05, 4.69) is 21.8 Å². The smallest absolute Gasteiger partial charge is 0.142 e. The van der Waals surface area contributed by atoms with Crippen LogP contribution in [0.5, 0.6) is 5.75 Å². The Hall–Kier alpha value is -1.43. The largest absolute Gasteiger partial charge is 0.506 e. The summed E-state index contributed by atoms with van der Waals surface area (Å²) >= 11 is 0. The molecule has 1 aromatic heterocycles. The number of hydrogen-bond acceptors (Lipinski definition) is 5. The lowest BCUT2D eigenvalue weighted by atomic mass is 9.98. The summed E-state index contributed by atoms with van der Waals surface area (Å²) in [5.41, 5.74) is 1.97. The standard InChI is InChI=1S/C14H21N3O2/c1-3-12(17-6-4-15-5-7-17)13-11(9-18)8-16-10(2)14(13)19/h3,8,12,15,18-19H,1,4-7,9H2,2H3/t12-/m1/s1. The number of aromatic hydroxyl groups is 1. The highest BCUT2D eigenvalue weighted by atomic mass is 16.3. The number of aryl methyl sites for hydroxylation is 1. The van der Waals surface area contributed by atoms with Crippen molar-refractivity contribution in [1.82, 2.24) is 15.2 Å². The summed E-state index contributed by atoms with van der Waals surface area (Å²) in [6, 6.07) is -0.0917. The van der Waals surface area contributed by atoms with Crippen molar-refractivity contribution < 1.29 is 10.2 Å². The van der Waals surface area contributed by atoms with Crippen molar-refractivity contribution in [3.63, 3.8) is 0 Å². The zero-order valence-corrected chi connectivity index (χ0v) is 11.3. The van der Waals surface area contributed by atoms with Crippen molar-refractivity contribution in [2.75, 3.05) is 26.2 Å². The van der Waals surface area contributed by atoms with Gasteiger partial charge in [-0.3, -0.25) is 9.88 Å². The van der Waals surface area contributed by atoms with Gasteiger partial charge in [0.15, 0.2) is 0 Å². The molecule has 1 saturated heterocycles. The van der Waals surface area contributed by atoms with E-state index in [-0.39, 0.29) is 18.4 Å². The van der Waals surface area contributed by atoms with Gasteiger partial charge in [0.05, 0.1) is 18.3 Å². The number of nitrogens with zero attached hydrogens (tertiary/aromatic N) is 2. The Morgan fingerprint density at radius 2 is 2.21 bits per heavy atom. The fourth-order valence-corrected chi connectivity index (χ4v) is 2.52. The Morgan fingerprint density at radius 1 is 1.53 bits per heavy atom. The van der Waals surface area contributed by atoms with Crippen molar-refractivity contribution >= 4 is 0 Å². The molecule has 1 aliphatic heterocycles. The number of piperazine rings is 1. The van der Waals surface area contributed by atoms with Crippen LogP contribution in [0.25, 0.3) is 0 Å². The van der Waals surface area contributed by atoms with Crippen LogP contribution in [0.3, 0.4) is 0 Å². The van der Waals surface area contributed by atoms with E-state index in [0.717, 1.165) is 31.7 Å². The molecule has 2 rings (SSSR count). The first kappa shape index (κ1) is 14.0. The van der Waals surface area contributed by atoms with Gasteiger partial charge in [0.25, 0.3) is 0 Å². The molecule has 0 saturated carbocycles. The van der Waals surface area contributed by atoms with Crippen molar-refractivity contribution in [1.29, 1.82) is 0 Å². The Bertz CT molecular complexity index is 456. The molecule has 5 heteroatoms. The van der Waals surface area contributed by atoms with E-state index in [0.29, 0.717) is 11.3 Å². The minimum absolute atomic E-state index is 0.0917. The maximum Gasteiger partial charge on any atom is 0.142 e. The number of pyridine rings is 1. The monoisotopic (exact) mass is 263 g/mol. The van der Waals surface area contributed by atoms with Crippen LogP contribution < -0.4 is 5.32 Å². The molecule has 5 nitrogen and oxygen atoms in total. The van der Waals surface area contributed by atoms with Crippen LogP contribution in [0.1, 0.15) is 22.9 Å². The second kappa shape index (κ2) is 6.14. The van der Waals surface area contributed by atoms with Crippen LogP contribution in [-0.2, 0) is 6.61 Å². The molecule has 1 aliphatic rings. The van der Waals surface area contributed by atoms with E-state index in [1.54, 1.807) is 13.1 Å². The molecule has 1 fully saturated rings. The number of hydrogen-bond donors (Lipinski definition) is 3. The van der Waals surface area contributed by atoms with Crippen LogP contribution in [0.2, 0.25) is 0 Å². The van der Waals surface area contributed by atoms with Gasteiger partial charge in [0.2, 0.25) is 0 Å². The first-order valence-corrected chi connectivity index (χ1v) is 6.54. The molecule has 0 aromatic carbocycles. The lowest BCUT2D eigenvalue weighted by molar-refractivity contribution is 0.196. The van der Waals surface area contributed by atoms with Crippen LogP contribution >= 0.6 is 0 Å². The quantitative estimate of drug-likeness (QED) is 0.698. The molecule has 0 aliphatic carbocycles. The zero-order chi connectivity index (χ0) is 13.8. The first-order chi connectivity index (χ1) is 9.19. The van der Waals surface area contributed by atoms with E-state index >= 15 is 0 Å². The van der Waals surface area contributed by atoms with E-state index < -0.39 is 0 Å². The topological polar surface area (TPSA) is 68.6 Å². The maximum atomic E-state index is 10.3. The second-order valence-electron chi connectivity index (χ2n) is 4.76. The average Bonchev–Trinajstić information content (AvgIpc) is 2.45. The molecule has 0 unspecified atom stereocenters. The van der Waals surface area contributed by atoms with Crippen LogP contribution in [0.4, 0.5) is 0 Å². The van der Waals surface area contributed by atoms with Gasteiger partial charge in [-0.05, 0) is 6.92 Å². The number of aliphatic hydroxyl groups is 1. The summed E-state index contributed by atoms with van der Waals surface area (Å²) in [4.78, 5) is 6.34. The minimum Gasteiger partial charge on any atom is -0.506 e. The summed E-state index contributed by atoms with van der Waals surface area (Å²) in [7, 11) is 0. The first-order valence-electron chi connectivity index (χ1n) is 6.54. The highest BCUT2D eigenvalue weighted by Crippen LogP contribution is 2.34. The third-order valence-corrected chi connectivity index (χ3v) is 3.59. The minimum atomic E-state index is -0.132. The van der Waals surface area contributed by atoms with Gasteiger partial charge >= 0.3 is 0 Å². The van der Waals surface area contributed by atoms with Crippen molar-refractivity contribution in [3.05, 3.63) is 35.7 Å². The normalized spacial score (nSPS) is 18.2. The number of nitrogens with one attached hydrogen (secondary N) is 1. The molecule has 0 bridgehead atoms. The van der Waals surface area contributed by atoms with Gasteiger partial charge in [0.1, 0.15) is 5.75 Å². The molecular formula is C14H21N3O2. The predicted molar refractivity (Wildman–Crippen MR) is 73.9 cm³/mol. The van der Waals surface area contributed by atoms with Crippen LogP contribution in [0.15, 0.2) is 18.9 Å². The third kappa shape index (κ3) is 2.78. The van der Waals surface area contributed by atoms with Crippen LogP contribution in [0, 0.1) is 6.92 Å². The summed E-state index contributed by atoms with van der Waals surface area (Å²) in [5, 5.41) is 23.0. The molecule has 2 heterocycles. The summed E-state index contributed by atoms with van der Waals surface area (Å²) in [6.45, 7) is 9.14. The summed E-state index contributed by atoms with van der Waals surface area (Å²) < 4.78 is 0. The molecule has 0 spiro atoms. The van der Waals surface area contributed by atoms with E-state index in [1.165, 1.54) is 0 Å². The van der Waals surface area contributed by atoms with Gasteiger partial charge in [-0.15, -0.1) is 6.58 Å². The second-order valence-corrected chi connectivity index (χ2v) is 4.76. The SMILES string of the molecule is C=C[C@H](c1c(CO)cnc(C)c1O)N1CCNCC1. The Morgan fingerprint density at radius 3 is 2.79 bits per heavy atom. The molecular weight excluding hydrogens is 242 g/mol. The molecule has 1 atom stereocenters. The van der Waals surface area contributed by atoms with Gasteiger partial charge in [-0.25, -0.2) is 0 Å². The zero-order valence-electron chi connectivity index (χ0n) is 11.3. The molecule has 0 amide bonds. The van der Waals surface area contributed by atoms with Gasteiger partial charge in [-0.1, -0.05) is 6.08 Å². The summed E-state index contributed by atoms with van der Waals surface area (Å²) in [6.07, 6.45) is 3.45. The number of aromatic nitrogens is 1. The van der Waals surface area contributed by atoms with E-state index in [1.807, 2.05) is 6.08 Å². The molecule has 0 radical (unpaired) electrons. The molecule has 1 aromatic rings. The van der Waals surface area contributed by atoms with Gasteiger partial charge in [0, 0.05) is 43.5 Å². The van der Waals surface area contributed by atoms with Crippen molar-refractivity contribution in [2.24, 2.45) is 0 Å². The van der Waals surface area contributed by atoms with Crippen molar-refractivity contribution in [2.45, 2.75) is 19.6 Å². The fraction of sp³-hybridized carbons (Fsp3) is 0.500. The Labute approximate surface area is 113 Å². The highest BCUT2D eigenvalue weighted by Gasteiger charge is 2.25. The predicted octanol–water partition coefficient (Wildman–Crippen LogP) is 0.720. The Kier molecular flexibility index (Phi) is 4.52. The summed E-state index contributed by atoms with van der Waals surface area (Å²) in [5.74, 6) is 0.162. The number of rotatable bonds is 4. The molecule has 3 N–H and O–H groups in total. The number of aliphatic hydroxyl groups excluding tert-OH is 1. The third-order valence-electron chi connectivity index (χ3n) is 3.59. The lowest BCUT2D eigenvalue weighted by Gasteiger charge is -2.34. The van der Waals surface area contributed by atoms with Crippen LogP contribution in [-0.4, -0.2) is 46.3 Å². The van der Waals surface area contributed by atoms with Crippen molar-refractivity contribution in [3.8, 4) is 5.75 Å². The van der Waals surface area contributed by atoms with E-state index in [4.69, 9.17) is 0 Å². The molecule has 104 valence electrons. The van der Waals surface area contributed by atoms with Gasteiger partial charge in [-0.2, -0.15) is 0 Å². The maximum absolute atomic E-state index is 10.3. The average molecular weight is 263 g/mol. The Balaban J connectivity index is 2.41.